The van der Waals surface area contributed by atoms with E-state index in [0.29, 0.717) is 13.0 Å². The zero-order valence-electron chi connectivity index (χ0n) is 10.4. The Morgan fingerprint density at radius 2 is 2.26 bits per heavy atom. The first-order chi connectivity index (χ1) is 8.93. The van der Waals surface area contributed by atoms with E-state index in [9.17, 15) is 14.7 Å². The van der Waals surface area contributed by atoms with Crippen LogP contribution in [0.15, 0.2) is 22.0 Å². The lowest BCUT2D eigenvalue weighted by molar-refractivity contribution is -0.153. The van der Waals surface area contributed by atoms with Gasteiger partial charge in [0.25, 0.3) is 0 Å². The highest BCUT2D eigenvalue weighted by Crippen LogP contribution is 2.30. The SMILES string of the molecule is CC1(C(=O)O)CCCN1C(=O)C=Cc1ccc(Br)s1. The quantitative estimate of drug-likeness (QED) is 0.858. The summed E-state index contributed by atoms with van der Waals surface area (Å²) in [6.45, 7) is 2.11. The van der Waals surface area contributed by atoms with Gasteiger partial charge >= 0.3 is 5.97 Å². The monoisotopic (exact) mass is 343 g/mol. The molecule has 0 aromatic carbocycles. The zero-order valence-corrected chi connectivity index (χ0v) is 12.8. The van der Waals surface area contributed by atoms with Gasteiger partial charge in [-0.1, -0.05) is 0 Å². The molecule has 1 aliphatic heterocycles. The fraction of sp³-hybridized carbons (Fsp3) is 0.385. The van der Waals surface area contributed by atoms with Crippen LogP contribution in [0.4, 0.5) is 0 Å². The van der Waals surface area contributed by atoms with Gasteiger partial charge in [0.1, 0.15) is 5.54 Å². The predicted molar refractivity (Wildman–Crippen MR) is 78.0 cm³/mol. The summed E-state index contributed by atoms with van der Waals surface area (Å²) in [5.74, 6) is -1.18. The molecule has 0 aliphatic carbocycles. The predicted octanol–water partition coefficient (Wildman–Crippen LogP) is 2.99. The minimum Gasteiger partial charge on any atom is -0.480 e. The van der Waals surface area contributed by atoms with Crippen molar-refractivity contribution in [3.63, 3.8) is 0 Å². The Balaban J connectivity index is 2.12. The van der Waals surface area contributed by atoms with E-state index < -0.39 is 11.5 Å². The second-order valence-corrected chi connectivity index (χ2v) is 7.14. The number of carbonyl (C=O) groups is 2. The Morgan fingerprint density at radius 3 is 2.84 bits per heavy atom. The molecule has 2 rings (SSSR count). The molecule has 1 aliphatic rings. The van der Waals surface area contributed by atoms with E-state index in [1.54, 1.807) is 13.0 Å². The number of hydrogen-bond donors (Lipinski definition) is 1. The Morgan fingerprint density at radius 1 is 1.53 bits per heavy atom. The van der Waals surface area contributed by atoms with E-state index in [1.807, 2.05) is 12.1 Å². The Labute approximate surface area is 123 Å². The summed E-state index contributed by atoms with van der Waals surface area (Å²) >= 11 is 4.88. The Bertz CT molecular complexity index is 540. The van der Waals surface area contributed by atoms with Gasteiger partial charge in [-0.05, 0) is 53.9 Å². The van der Waals surface area contributed by atoms with Crippen molar-refractivity contribution >= 4 is 45.2 Å². The van der Waals surface area contributed by atoms with Crippen molar-refractivity contribution in [2.75, 3.05) is 6.54 Å². The van der Waals surface area contributed by atoms with E-state index in [4.69, 9.17) is 0 Å². The minimum absolute atomic E-state index is 0.244. The molecule has 102 valence electrons. The Kier molecular flexibility index (Phi) is 4.10. The molecule has 0 radical (unpaired) electrons. The maximum absolute atomic E-state index is 12.1. The van der Waals surface area contributed by atoms with Gasteiger partial charge in [-0.15, -0.1) is 11.3 Å². The normalized spacial score (nSPS) is 23.2. The number of likely N-dealkylation sites (tertiary alicyclic amines) is 1. The van der Waals surface area contributed by atoms with Crippen molar-refractivity contribution in [1.29, 1.82) is 0 Å². The van der Waals surface area contributed by atoms with Gasteiger partial charge in [-0.3, -0.25) is 4.79 Å². The number of hydrogen-bond acceptors (Lipinski definition) is 3. The molecule has 4 nitrogen and oxygen atoms in total. The van der Waals surface area contributed by atoms with Crippen LogP contribution in [-0.2, 0) is 9.59 Å². The second-order valence-electron chi connectivity index (χ2n) is 4.65. The molecule has 0 spiro atoms. The topological polar surface area (TPSA) is 57.6 Å². The number of nitrogens with zero attached hydrogens (tertiary/aromatic N) is 1. The minimum atomic E-state index is -1.07. The smallest absolute Gasteiger partial charge is 0.329 e. The van der Waals surface area contributed by atoms with Crippen molar-refractivity contribution in [2.24, 2.45) is 0 Å². The molecule has 1 amide bonds. The molecule has 2 heterocycles. The number of carboxylic acids is 1. The van der Waals surface area contributed by atoms with Crippen molar-refractivity contribution in [3.05, 3.63) is 26.9 Å². The summed E-state index contributed by atoms with van der Waals surface area (Å²) in [7, 11) is 0. The van der Waals surface area contributed by atoms with Crippen LogP contribution in [0.1, 0.15) is 24.6 Å². The number of amides is 1. The van der Waals surface area contributed by atoms with E-state index in [0.717, 1.165) is 15.1 Å². The number of carbonyl (C=O) groups excluding carboxylic acids is 1. The Hall–Kier alpha value is -1.14. The zero-order chi connectivity index (χ0) is 14.0. The van der Waals surface area contributed by atoms with Crippen LogP contribution < -0.4 is 0 Å². The number of thiophene rings is 1. The second kappa shape index (κ2) is 5.46. The van der Waals surface area contributed by atoms with Gasteiger partial charge in [0.2, 0.25) is 5.91 Å². The van der Waals surface area contributed by atoms with E-state index in [2.05, 4.69) is 15.9 Å². The molecule has 1 unspecified atom stereocenters. The molecule has 1 fully saturated rings. The third kappa shape index (κ3) is 2.90. The lowest BCUT2D eigenvalue weighted by Gasteiger charge is -2.30. The average Bonchev–Trinajstić information content (AvgIpc) is 2.93. The first-order valence-electron chi connectivity index (χ1n) is 5.92. The van der Waals surface area contributed by atoms with Crippen molar-refractivity contribution in [1.82, 2.24) is 4.90 Å². The average molecular weight is 344 g/mol. The number of rotatable bonds is 3. The van der Waals surface area contributed by atoms with Gasteiger partial charge in [0, 0.05) is 17.5 Å². The van der Waals surface area contributed by atoms with Crippen LogP contribution in [0.5, 0.6) is 0 Å². The van der Waals surface area contributed by atoms with Gasteiger partial charge in [-0.2, -0.15) is 0 Å². The van der Waals surface area contributed by atoms with Crippen LogP contribution in [0, 0.1) is 0 Å². The molecule has 19 heavy (non-hydrogen) atoms. The number of carboxylic acid groups (broad SMARTS) is 1. The van der Waals surface area contributed by atoms with Crippen molar-refractivity contribution < 1.29 is 14.7 Å². The lowest BCUT2D eigenvalue weighted by Crippen LogP contribution is -2.50. The molecule has 0 saturated carbocycles. The maximum Gasteiger partial charge on any atom is 0.329 e. The van der Waals surface area contributed by atoms with Crippen LogP contribution in [0.25, 0.3) is 6.08 Å². The molecule has 1 atom stereocenters. The summed E-state index contributed by atoms with van der Waals surface area (Å²) in [6.07, 6.45) is 4.41. The first-order valence-corrected chi connectivity index (χ1v) is 7.53. The highest BCUT2D eigenvalue weighted by atomic mass is 79.9. The molecule has 1 aromatic rings. The van der Waals surface area contributed by atoms with Crippen molar-refractivity contribution in [3.8, 4) is 0 Å². The largest absolute Gasteiger partial charge is 0.480 e. The molecule has 1 aromatic heterocycles. The van der Waals surface area contributed by atoms with Crippen LogP contribution in [-0.4, -0.2) is 34.0 Å². The van der Waals surface area contributed by atoms with Gasteiger partial charge in [-0.25, -0.2) is 4.79 Å². The highest BCUT2D eigenvalue weighted by Gasteiger charge is 2.45. The summed E-state index contributed by atoms with van der Waals surface area (Å²) in [5.41, 5.74) is -1.07. The molecule has 6 heteroatoms. The highest BCUT2D eigenvalue weighted by molar-refractivity contribution is 9.11. The summed E-state index contributed by atoms with van der Waals surface area (Å²) in [5, 5.41) is 9.26. The molecule has 1 saturated heterocycles. The van der Waals surface area contributed by atoms with Gasteiger partial charge < -0.3 is 10.0 Å². The molecular formula is C13H14BrNO3S. The third-order valence-corrected chi connectivity index (χ3v) is 4.94. The van der Waals surface area contributed by atoms with E-state index in [1.165, 1.54) is 22.3 Å². The molecular weight excluding hydrogens is 330 g/mol. The maximum atomic E-state index is 12.1. The first kappa shape index (κ1) is 14.3. The fourth-order valence-electron chi connectivity index (χ4n) is 2.20. The number of aliphatic carboxylic acids is 1. The lowest BCUT2D eigenvalue weighted by atomic mass is 9.99. The van der Waals surface area contributed by atoms with Crippen LogP contribution in [0.2, 0.25) is 0 Å². The van der Waals surface area contributed by atoms with E-state index >= 15 is 0 Å². The third-order valence-electron chi connectivity index (χ3n) is 3.35. The van der Waals surface area contributed by atoms with Gasteiger partial charge in [0.15, 0.2) is 0 Å². The fourth-order valence-corrected chi connectivity index (χ4v) is 3.53. The van der Waals surface area contributed by atoms with Crippen LogP contribution in [0.3, 0.4) is 0 Å². The summed E-state index contributed by atoms with van der Waals surface area (Å²) in [6, 6.07) is 3.81. The molecule has 0 bridgehead atoms. The molecule has 1 N–H and O–H groups in total. The van der Waals surface area contributed by atoms with Gasteiger partial charge in [0.05, 0.1) is 3.79 Å². The van der Waals surface area contributed by atoms with Crippen molar-refractivity contribution in [2.45, 2.75) is 25.3 Å². The summed E-state index contributed by atoms with van der Waals surface area (Å²) < 4.78 is 0.996. The standard InChI is InChI=1S/C13H14BrNO3S/c1-13(12(17)18)7-2-8-15(13)11(16)6-4-9-3-5-10(14)19-9/h3-6H,2,7-8H2,1H3,(H,17,18). The number of halogens is 1. The van der Waals surface area contributed by atoms with Crippen LogP contribution >= 0.6 is 27.3 Å². The summed E-state index contributed by atoms with van der Waals surface area (Å²) in [4.78, 5) is 25.8. The van der Waals surface area contributed by atoms with E-state index in [-0.39, 0.29) is 5.91 Å².